The number of rotatable bonds is 6. The maximum atomic E-state index is 13.6. The van der Waals surface area contributed by atoms with Crippen LogP contribution in [-0.4, -0.2) is 47.7 Å². The summed E-state index contributed by atoms with van der Waals surface area (Å²) in [6.07, 6.45) is 7.33. The zero-order chi connectivity index (χ0) is 31.4. The van der Waals surface area contributed by atoms with Gasteiger partial charge in [0.05, 0.1) is 22.9 Å². The lowest BCUT2D eigenvalue weighted by Crippen LogP contribution is -2.31. The van der Waals surface area contributed by atoms with Crippen LogP contribution in [0.4, 0.5) is 11.5 Å². The summed E-state index contributed by atoms with van der Waals surface area (Å²) in [5, 5.41) is 7.58. The van der Waals surface area contributed by atoms with Crippen LogP contribution in [0, 0.1) is 0 Å². The summed E-state index contributed by atoms with van der Waals surface area (Å²) < 4.78 is 3.71. The number of hydrogen-bond donors (Lipinski definition) is 2. The first-order valence-corrected chi connectivity index (χ1v) is 15.1. The van der Waals surface area contributed by atoms with Crippen molar-refractivity contribution in [3.05, 3.63) is 120 Å². The van der Waals surface area contributed by atoms with Gasteiger partial charge in [0.2, 0.25) is 0 Å². The van der Waals surface area contributed by atoms with Crippen LogP contribution in [0.15, 0.2) is 104 Å². The van der Waals surface area contributed by atoms with Gasteiger partial charge in [-0.3, -0.25) is 14.2 Å². The number of benzene rings is 2. The summed E-state index contributed by atoms with van der Waals surface area (Å²) in [5.74, 6) is 1.31. The maximum absolute atomic E-state index is 13.6. The number of carbonyl (C=O) groups excluding carboxylic acids is 2. The van der Waals surface area contributed by atoms with Gasteiger partial charge < -0.3 is 16.0 Å². The molecule has 1 fully saturated rings. The Kier molecular flexibility index (Phi) is 6.45. The van der Waals surface area contributed by atoms with Crippen LogP contribution in [0.3, 0.4) is 0 Å². The van der Waals surface area contributed by atoms with Crippen LogP contribution in [0.5, 0.6) is 0 Å². The van der Waals surface area contributed by atoms with Gasteiger partial charge in [-0.1, -0.05) is 24.8 Å². The number of nitrogens with one attached hydrogen (secondary N) is 1. The second kappa shape index (κ2) is 10.8. The molecule has 1 unspecified atom stereocenters. The fourth-order valence-electron chi connectivity index (χ4n) is 6.42. The largest absolute Gasteiger partial charge is 0.383 e. The highest BCUT2D eigenvalue weighted by Crippen LogP contribution is 2.37. The molecule has 1 atom stereocenters. The number of pyridine rings is 2. The fraction of sp³-hybridized carbons (Fsp3) is 0.143. The van der Waals surface area contributed by atoms with Crippen LogP contribution < -0.4 is 16.0 Å². The zero-order valence-electron chi connectivity index (χ0n) is 24.8. The lowest BCUT2D eigenvalue weighted by Gasteiger charge is -2.21. The van der Waals surface area contributed by atoms with Gasteiger partial charge in [0.1, 0.15) is 11.3 Å². The van der Waals surface area contributed by atoms with Gasteiger partial charge in [-0.2, -0.15) is 5.10 Å². The predicted octanol–water partition coefficient (Wildman–Crippen LogP) is 4.96. The molecule has 11 nitrogen and oxygen atoms in total. The monoisotopic (exact) mass is 607 g/mol. The quantitative estimate of drug-likeness (QED) is 0.255. The number of hydrogen-bond acceptors (Lipinski definition) is 7. The van der Waals surface area contributed by atoms with E-state index in [1.807, 2.05) is 65.4 Å². The molecule has 4 aromatic heterocycles. The van der Waals surface area contributed by atoms with E-state index in [1.165, 1.54) is 0 Å². The number of amides is 2. The van der Waals surface area contributed by atoms with Gasteiger partial charge in [0, 0.05) is 36.4 Å². The molecule has 11 heteroatoms. The first-order valence-electron chi connectivity index (χ1n) is 15.1. The number of aryl methyl sites for hydroxylation is 1. The van der Waals surface area contributed by atoms with Crippen molar-refractivity contribution in [1.82, 2.24) is 34.6 Å². The molecule has 8 rings (SSSR count). The van der Waals surface area contributed by atoms with Gasteiger partial charge >= 0.3 is 0 Å². The molecule has 0 spiro atoms. The van der Waals surface area contributed by atoms with Crippen molar-refractivity contribution >= 4 is 34.5 Å². The molecular formula is C35H29N9O2. The zero-order valence-corrected chi connectivity index (χ0v) is 24.8. The average Bonchev–Trinajstić information content (AvgIpc) is 3.88. The lowest BCUT2D eigenvalue weighted by molar-refractivity contribution is -0.114. The van der Waals surface area contributed by atoms with Gasteiger partial charge in [0.15, 0.2) is 17.3 Å². The number of nitrogens with two attached hydrogens (primary N) is 1. The molecule has 2 amide bonds. The van der Waals surface area contributed by atoms with E-state index in [2.05, 4.69) is 34.1 Å². The van der Waals surface area contributed by atoms with Gasteiger partial charge in [-0.15, -0.1) is 0 Å². The van der Waals surface area contributed by atoms with Crippen LogP contribution in [-0.2, 0) is 11.2 Å². The summed E-state index contributed by atoms with van der Waals surface area (Å²) >= 11 is 0. The third kappa shape index (κ3) is 4.52. The highest BCUT2D eigenvalue weighted by Gasteiger charge is 2.31. The van der Waals surface area contributed by atoms with Gasteiger partial charge in [0.25, 0.3) is 11.8 Å². The van der Waals surface area contributed by atoms with Crippen LogP contribution in [0.1, 0.15) is 40.4 Å². The van der Waals surface area contributed by atoms with Crippen LogP contribution in [0.25, 0.3) is 34.1 Å². The topological polar surface area (TPSA) is 137 Å². The number of fused-ring (bicyclic) bond motifs is 2. The average molecular weight is 608 g/mol. The van der Waals surface area contributed by atoms with E-state index in [1.54, 1.807) is 28.0 Å². The Bertz CT molecular complexity index is 2180. The van der Waals surface area contributed by atoms with E-state index >= 15 is 0 Å². The van der Waals surface area contributed by atoms with E-state index in [0.717, 1.165) is 29.7 Å². The molecule has 2 aromatic carbocycles. The summed E-state index contributed by atoms with van der Waals surface area (Å²) in [6.45, 7) is 4.38. The Labute approximate surface area is 264 Å². The Morgan fingerprint density at radius 3 is 2.67 bits per heavy atom. The van der Waals surface area contributed by atoms with Crippen molar-refractivity contribution in [3.63, 3.8) is 0 Å². The second-order valence-corrected chi connectivity index (χ2v) is 11.4. The Morgan fingerprint density at radius 1 is 0.978 bits per heavy atom. The fourth-order valence-corrected chi connectivity index (χ4v) is 6.42. The Hall–Kier alpha value is -6.10. The Morgan fingerprint density at radius 2 is 1.87 bits per heavy atom. The van der Waals surface area contributed by atoms with Crippen molar-refractivity contribution in [2.75, 3.05) is 17.2 Å². The number of imidazole rings is 1. The molecule has 0 radical (unpaired) electrons. The predicted molar refractivity (Wildman–Crippen MR) is 175 cm³/mol. The Balaban J connectivity index is 1.15. The molecule has 0 saturated carbocycles. The number of nitrogen functional groups attached to an aromatic ring is 1. The van der Waals surface area contributed by atoms with Crippen molar-refractivity contribution in [2.45, 2.75) is 25.3 Å². The highest BCUT2D eigenvalue weighted by molar-refractivity contribution is 6.11. The molecule has 3 N–H and O–H groups in total. The maximum Gasteiger partial charge on any atom is 0.253 e. The van der Waals surface area contributed by atoms with E-state index in [4.69, 9.17) is 15.7 Å². The first-order chi connectivity index (χ1) is 22.5. The van der Waals surface area contributed by atoms with E-state index in [-0.39, 0.29) is 17.9 Å². The van der Waals surface area contributed by atoms with Crippen molar-refractivity contribution in [2.24, 2.45) is 0 Å². The number of para-hydroxylation sites is 1. The molecule has 1 saturated heterocycles. The van der Waals surface area contributed by atoms with Crippen LogP contribution >= 0.6 is 0 Å². The van der Waals surface area contributed by atoms with Gasteiger partial charge in [-0.25, -0.2) is 19.6 Å². The third-order valence-corrected chi connectivity index (χ3v) is 8.70. The van der Waals surface area contributed by atoms with Crippen LogP contribution in [0.2, 0.25) is 0 Å². The number of aromatic nitrogens is 6. The van der Waals surface area contributed by atoms with Crippen molar-refractivity contribution < 1.29 is 9.59 Å². The van der Waals surface area contributed by atoms with Gasteiger partial charge in [-0.05, 0) is 85.0 Å². The van der Waals surface area contributed by atoms with E-state index in [9.17, 15) is 9.59 Å². The van der Waals surface area contributed by atoms with E-state index < -0.39 is 0 Å². The SMILES string of the molecule is C=C1CCN(c2ccccc2C(=O)NC2CCc3cc(-n4c(-c5cccnc5N)nc5ccc(-n6cccn6)nc54)ccc32)C1=O. The highest BCUT2D eigenvalue weighted by atomic mass is 16.2. The summed E-state index contributed by atoms with van der Waals surface area (Å²) in [6, 6.07) is 22.7. The van der Waals surface area contributed by atoms with Crippen molar-refractivity contribution in [1.29, 1.82) is 0 Å². The minimum Gasteiger partial charge on any atom is -0.383 e. The second-order valence-electron chi connectivity index (χ2n) is 11.4. The molecule has 226 valence electrons. The lowest BCUT2D eigenvalue weighted by atomic mass is 10.1. The molecule has 2 aliphatic rings. The number of anilines is 2. The van der Waals surface area contributed by atoms with Crippen molar-refractivity contribution in [3.8, 4) is 22.9 Å². The number of nitrogens with zero attached hydrogens (tertiary/aromatic N) is 7. The number of carbonyl (C=O) groups is 2. The minimum atomic E-state index is -0.215. The summed E-state index contributed by atoms with van der Waals surface area (Å²) in [4.78, 5) is 42.1. The minimum absolute atomic E-state index is 0.135. The molecule has 0 bridgehead atoms. The molecule has 1 aliphatic carbocycles. The molecule has 46 heavy (non-hydrogen) atoms. The molecular weight excluding hydrogens is 578 g/mol. The summed E-state index contributed by atoms with van der Waals surface area (Å²) in [7, 11) is 0. The summed E-state index contributed by atoms with van der Waals surface area (Å²) in [5.41, 5.74) is 13.1. The smallest absolute Gasteiger partial charge is 0.253 e. The standard InChI is InChI=1S/C35H29N9O2/c1-21-15-19-42(35(21)46)29-8-3-2-6-25(29)34(45)40-27-12-9-22-20-23(10-11-24(22)27)44-32(26-7-4-16-37-31(26)36)39-28-13-14-30(41-33(28)44)43-18-5-17-38-43/h2-8,10-11,13-14,16-18,20,27H,1,9,12,15,19H2,(H2,36,37)(H,40,45). The normalized spacial score (nSPS) is 15.9. The first kappa shape index (κ1) is 27.4. The third-order valence-electron chi connectivity index (χ3n) is 8.70. The molecule has 6 aromatic rings. The molecule has 5 heterocycles. The van der Waals surface area contributed by atoms with E-state index in [0.29, 0.717) is 64.0 Å². The molecule has 1 aliphatic heterocycles.